The molecule has 0 radical (unpaired) electrons. The number of nitrogens with one attached hydrogen (secondary N) is 5. The second-order valence-corrected chi connectivity index (χ2v) is 19.9. The van der Waals surface area contributed by atoms with E-state index in [0.717, 1.165) is 9.80 Å². The molecule has 0 saturated carbocycles. The third-order valence-corrected chi connectivity index (χ3v) is 14.7. The maximum Gasteiger partial charge on any atom is 0.274 e. The van der Waals surface area contributed by atoms with Crippen molar-refractivity contribution in [2.24, 2.45) is 5.73 Å². The van der Waals surface area contributed by atoms with E-state index in [0.29, 0.717) is 68.7 Å². The Labute approximate surface area is 433 Å². The Morgan fingerprint density at radius 1 is 0.573 bits per heavy atom. The molecule has 0 aliphatic carbocycles. The molecule has 5 fully saturated rings. The molecule has 7 rings (SSSR count). The highest BCUT2D eigenvalue weighted by molar-refractivity contribution is 6.02. The van der Waals surface area contributed by atoms with Crippen molar-refractivity contribution < 1.29 is 57.8 Å². The van der Waals surface area contributed by atoms with Crippen LogP contribution in [0.2, 0.25) is 0 Å². The van der Waals surface area contributed by atoms with Crippen molar-refractivity contribution in [3.8, 4) is 5.75 Å². The predicted octanol–water partition coefficient (Wildman–Crippen LogP) is -2.71. The zero-order valence-corrected chi connectivity index (χ0v) is 42.6. The molecule has 1 aromatic heterocycles. The standard InChI is InChI=1S/C50H69N13O12/c1-58-28-41(67)60-19-9-5-15-34(60)44(69)52-24-31(51)49(74)62-21-11-7-17-36(62)46(71)54-26-39(65)59(2)29-42(68)61-20-10-6-16-35(61)45(70)53-25-33(50(75)63-22-12-8-18-37(63)47(72)55-27-40(58)66)57-48(73)43-38(64)23-30-13-3-4-14-32(30)56-43/h3-4,13-14,23,31,33-37,64H,5-12,15-22,24-29,51H2,1-2H3,(H,52,69)(H,53,70)(H,54,71)(H,55,72)(H,57,73)/t31-,33-,34+,35+,36+,37+/m1/s1. The molecule has 0 bridgehead atoms. The lowest BCUT2D eigenvalue weighted by atomic mass is 9.99. The summed E-state index contributed by atoms with van der Waals surface area (Å²) in [5.74, 6) is -7.68. The van der Waals surface area contributed by atoms with Gasteiger partial charge < -0.3 is 66.8 Å². The quantitative estimate of drug-likeness (QED) is 0.161. The topological polar surface area (TPSA) is 326 Å². The van der Waals surface area contributed by atoms with Crippen molar-refractivity contribution in [1.82, 2.24) is 61.0 Å². The Balaban J connectivity index is 1.13. The summed E-state index contributed by atoms with van der Waals surface area (Å²) in [6.45, 7) is -2.15. The Morgan fingerprint density at radius 2 is 1.00 bits per heavy atom. The average Bonchev–Trinajstić information content (AvgIpc) is 3.42. The van der Waals surface area contributed by atoms with Crippen LogP contribution < -0.4 is 32.3 Å². The number of nitrogens with zero attached hydrogens (tertiary/aromatic N) is 7. The van der Waals surface area contributed by atoms with Crippen LogP contribution in [0.4, 0.5) is 0 Å². The van der Waals surface area contributed by atoms with Crippen LogP contribution in [-0.4, -0.2) is 220 Å². The van der Waals surface area contributed by atoms with Crippen molar-refractivity contribution in [3.63, 3.8) is 0 Å². The number of carbonyl (C=O) groups is 11. The number of aromatic hydroxyl groups is 1. The first-order valence-electron chi connectivity index (χ1n) is 25.9. The van der Waals surface area contributed by atoms with Gasteiger partial charge in [0.2, 0.25) is 59.1 Å². The fourth-order valence-corrected chi connectivity index (χ4v) is 10.4. The van der Waals surface area contributed by atoms with E-state index in [1.165, 1.54) is 39.8 Å². The number of hydrogen-bond donors (Lipinski definition) is 7. The zero-order chi connectivity index (χ0) is 53.9. The van der Waals surface area contributed by atoms with E-state index >= 15 is 0 Å². The van der Waals surface area contributed by atoms with Gasteiger partial charge in [-0.2, -0.15) is 0 Å². The minimum atomic E-state index is -1.54. The molecule has 406 valence electrons. The van der Waals surface area contributed by atoms with E-state index in [-0.39, 0.29) is 52.0 Å². The molecule has 0 spiro atoms. The second kappa shape index (κ2) is 25.2. The van der Waals surface area contributed by atoms with Crippen molar-refractivity contribution in [3.05, 3.63) is 36.0 Å². The number of fused-ring (bicyclic) bond motifs is 5. The fourth-order valence-electron chi connectivity index (χ4n) is 10.4. The zero-order valence-electron chi connectivity index (χ0n) is 42.6. The number of likely N-dealkylation sites (N-methyl/N-ethyl adjacent to an activating group) is 2. The summed E-state index contributed by atoms with van der Waals surface area (Å²) in [7, 11) is 2.74. The van der Waals surface area contributed by atoms with Gasteiger partial charge in [-0.25, -0.2) is 4.98 Å². The van der Waals surface area contributed by atoms with Crippen LogP contribution in [0.1, 0.15) is 87.5 Å². The van der Waals surface area contributed by atoms with Crippen molar-refractivity contribution in [2.75, 3.05) is 79.5 Å². The molecule has 8 N–H and O–H groups in total. The Bertz CT molecular complexity index is 2550. The van der Waals surface area contributed by atoms with E-state index in [4.69, 9.17) is 5.73 Å². The van der Waals surface area contributed by atoms with Gasteiger partial charge in [0.1, 0.15) is 42.0 Å². The smallest absolute Gasteiger partial charge is 0.274 e. The molecule has 5 aliphatic rings. The van der Waals surface area contributed by atoms with E-state index < -0.39 is 145 Å². The Kier molecular flexibility index (Phi) is 18.6. The van der Waals surface area contributed by atoms with Crippen LogP contribution >= 0.6 is 0 Å². The number of rotatable bonds is 2. The van der Waals surface area contributed by atoms with Gasteiger partial charge >= 0.3 is 0 Å². The number of carbonyl (C=O) groups excluding carboxylic acids is 11. The monoisotopic (exact) mass is 1040 g/mol. The lowest BCUT2D eigenvalue weighted by Crippen LogP contribution is -2.61. The lowest BCUT2D eigenvalue weighted by Gasteiger charge is -2.38. The van der Waals surface area contributed by atoms with E-state index in [1.807, 2.05) is 0 Å². The Morgan fingerprint density at radius 3 is 1.51 bits per heavy atom. The number of pyridine rings is 1. The highest BCUT2D eigenvalue weighted by Crippen LogP contribution is 2.25. The number of aromatic nitrogens is 1. The van der Waals surface area contributed by atoms with Gasteiger partial charge in [0.15, 0.2) is 5.69 Å². The molecular weight excluding hydrogens is 975 g/mol. The fraction of sp³-hybridized carbons (Fsp3) is 0.600. The van der Waals surface area contributed by atoms with Gasteiger partial charge in [-0.1, -0.05) is 18.2 Å². The third kappa shape index (κ3) is 13.5. The summed E-state index contributed by atoms with van der Waals surface area (Å²) >= 11 is 0. The van der Waals surface area contributed by atoms with E-state index in [1.54, 1.807) is 24.3 Å². The first-order valence-corrected chi connectivity index (χ1v) is 25.9. The number of hydrogen-bond acceptors (Lipinski definition) is 14. The van der Waals surface area contributed by atoms with Gasteiger partial charge in [-0.15, -0.1) is 0 Å². The van der Waals surface area contributed by atoms with Crippen molar-refractivity contribution in [2.45, 2.75) is 113 Å². The van der Waals surface area contributed by atoms with Crippen LogP contribution in [0.15, 0.2) is 30.3 Å². The normalized spacial score (nSPS) is 26.6. The van der Waals surface area contributed by atoms with Crippen molar-refractivity contribution in [1.29, 1.82) is 0 Å². The average molecular weight is 1040 g/mol. The summed E-state index contributed by atoms with van der Waals surface area (Å²) in [6, 6.07) is 1.22. The maximum atomic E-state index is 14.7. The summed E-state index contributed by atoms with van der Waals surface area (Å²) in [5.41, 5.74) is 6.29. The molecule has 5 saturated heterocycles. The van der Waals surface area contributed by atoms with Crippen LogP contribution in [0.3, 0.4) is 0 Å². The highest BCUT2D eigenvalue weighted by Gasteiger charge is 2.40. The molecule has 6 heterocycles. The lowest BCUT2D eigenvalue weighted by molar-refractivity contribution is -0.147. The molecule has 1 aromatic carbocycles. The molecule has 25 nitrogen and oxygen atoms in total. The molecule has 6 atom stereocenters. The molecular formula is C50H69N13O12. The molecule has 2 aromatic rings. The highest BCUT2D eigenvalue weighted by atomic mass is 16.3. The first-order chi connectivity index (χ1) is 35.9. The van der Waals surface area contributed by atoms with Crippen LogP contribution in [-0.2, 0) is 47.9 Å². The van der Waals surface area contributed by atoms with Gasteiger partial charge in [0.05, 0.1) is 31.7 Å². The molecule has 11 amide bonds. The number of amides is 11. The van der Waals surface area contributed by atoms with Gasteiger partial charge in [-0.05, 0) is 89.2 Å². The van der Waals surface area contributed by atoms with Crippen LogP contribution in [0.5, 0.6) is 5.75 Å². The van der Waals surface area contributed by atoms with Gasteiger partial charge in [0.25, 0.3) is 5.91 Å². The summed E-state index contributed by atoms with van der Waals surface area (Å²) < 4.78 is 0. The minimum Gasteiger partial charge on any atom is -0.505 e. The van der Waals surface area contributed by atoms with Crippen LogP contribution in [0.25, 0.3) is 10.9 Å². The SMILES string of the molecule is CN1CC(=O)N2CCCC[C@H]2C(=O)NC[C@@H](NC(=O)c2nc3ccccc3cc2O)C(=O)N2CCCC[C@H]2C(=O)NCC(=O)N(C)CC(=O)N2CCCC[C@H]2C(=O)NC[C@@H](N)C(=O)N2CCCC[C@H]2C(=O)NCC1=O. The number of benzene rings is 1. The summed E-state index contributed by atoms with van der Waals surface area (Å²) in [5, 5.41) is 24.6. The number of para-hydroxylation sites is 1. The summed E-state index contributed by atoms with van der Waals surface area (Å²) in [6.07, 6.45) is 5.52. The molecule has 25 heteroatoms. The van der Waals surface area contributed by atoms with Crippen molar-refractivity contribution >= 4 is 75.9 Å². The Hall–Kier alpha value is -7.44. The summed E-state index contributed by atoms with van der Waals surface area (Å²) in [4.78, 5) is 164. The van der Waals surface area contributed by atoms with E-state index in [9.17, 15) is 57.8 Å². The van der Waals surface area contributed by atoms with Crippen LogP contribution in [0, 0.1) is 0 Å². The number of piperidine rings is 4. The van der Waals surface area contributed by atoms with Gasteiger partial charge in [-0.3, -0.25) is 52.7 Å². The number of nitrogens with two attached hydrogens (primary N) is 1. The third-order valence-electron chi connectivity index (χ3n) is 14.7. The molecule has 75 heavy (non-hydrogen) atoms. The largest absolute Gasteiger partial charge is 0.505 e. The molecule has 5 aliphatic heterocycles. The first kappa shape index (κ1) is 55.3. The molecule has 0 unspecified atom stereocenters. The second-order valence-electron chi connectivity index (χ2n) is 19.9. The maximum absolute atomic E-state index is 14.7. The minimum absolute atomic E-state index is 0.0612. The van der Waals surface area contributed by atoms with Gasteiger partial charge in [0, 0.05) is 58.8 Å². The van der Waals surface area contributed by atoms with E-state index in [2.05, 4.69) is 31.6 Å². The predicted molar refractivity (Wildman–Crippen MR) is 267 cm³/mol.